The van der Waals surface area contributed by atoms with Crippen LogP contribution in [0.25, 0.3) is 0 Å². The molecule has 2 amide bonds. The zero-order chi connectivity index (χ0) is 19.4. The maximum Gasteiger partial charge on any atom is 0.326 e. The Labute approximate surface area is 165 Å². The average Bonchev–Trinajstić information content (AvgIpc) is 2.63. The Morgan fingerprint density at radius 1 is 1.07 bits per heavy atom. The highest BCUT2D eigenvalue weighted by molar-refractivity contribution is 6.35. The number of halogens is 2. The van der Waals surface area contributed by atoms with Gasteiger partial charge in [0.2, 0.25) is 5.91 Å². The fourth-order valence-corrected chi connectivity index (χ4v) is 3.10. The van der Waals surface area contributed by atoms with E-state index in [0.29, 0.717) is 26.9 Å². The van der Waals surface area contributed by atoms with Crippen LogP contribution in [-0.4, -0.2) is 42.4 Å². The Kier molecular flexibility index (Phi) is 5.98. The smallest absolute Gasteiger partial charge is 0.326 e. The standard InChI is InChI=1S/C19H15Cl2NO5/c20-13-5-6-16(15(21)10-13)26-7-8-27-18(24)11-22-17(23)9-12-3-1-2-4-14(12)19(22)25/h1-6,10H,7-9,11H2. The lowest BCUT2D eigenvalue weighted by Crippen LogP contribution is -2.45. The van der Waals surface area contributed by atoms with E-state index in [0.717, 1.165) is 4.90 Å². The van der Waals surface area contributed by atoms with Gasteiger partial charge in [-0.25, -0.2) is 0 Å². The lowest BCUT2D eigenvalue weighted by Gasteiger charge is -2.25. The summed E-state index contributed by atoms with van der Waals surface area (Å²) in [6.45, 7) is -0.421. The molecule has 0 unspecified atom stereocenters. The van der Waals surface area contributed by atoms with Gasteiger partial charge in [0.25, 0.3) is 5.91 Å². The van der Waals surface area contributed by atoms with Crippen molar-refractivity contribution in [2.24, 2.45) is 0 Å². The Bertz CT molecular complexity index is 899. The highest BCUT2D eigenvalue weighted by atomic mass is 35.5. The molecule has 8 heteroatoms. The summed E-state index contributed by atoms with van der Waals surface area (Å²) in [6.07, 6.45) is 0.0768. The lowest BCUT2D eigenvalue weighted by atomic mass is 9.98. The zero-order valence-corrected chi connectivity index (χ0v) is 15.6. The normalized spacial score (nSPS) is 13.3. The molecule has 2 aromatic rings. The Balaban J connectivity index is 1.49. The van der Waals surface area contributed by atoms with Crippen molar-refractivity contribution >= 4 is 41.0 Å². The van der Waals surface area contributed by atoms with E-state index in [1.165, 1.54) is 6.07 Å². The molecule has 140 valence electrons. The summed E-state index contributed by atoms with van der Waals surface area (Å²) in [5, 5.41) is 0.827. The number of hydrogen-bond acceptors (Lipinski definition) is 5. The number of rotatable bonds is 6. The Hall–Kier alpha value is -2.57. The monoisotopic (exact) mass is 407 g/mol. The molecular formula is C19H15Cl2NO5. The van der Waals surface area contributed by atoms with Crippen molar-refractivity contribution in [1.29, 1.82) is 0 Å². The molecule has 1 aliphatic rings. The summed E-state index contributed by atoms with van der Waals surface area (Å²) in [5.74, 6) is -1.21. The molecule has 3 rings (SSSR count). The molecule has 0 atom stereocenters. The molecule has 0 fully saturated rings. The fraction of sp³-hybridized carbons (Fsp3) is 0.211. The molecule has 0 radical (unpaired) electrons. The summed E-state index contributed by atoms with van der Waals surface area (Å²) in [7, 11) is 0. The Morgan fingerprint density at radius 2 is 1.85 bits per heavy atom. The van der Waals surface area contributed by atoms with Gasteiger partial charge < -0.3 is 9.47 Å². The lowest BCUT2D eigenvalue weighted by molar-refractivity contribution is -0.148. The first-order valence-electron chi connectivity index (χ1n) is 8.12. The van der Waals surface area contributed by atoms with Crippen molar-refractivity contribution in [1.82, 2.24) is 4.90 Å². The van der Waals surface area contributed by atoms with Crippen LogP contribution in [-0.2, 0) is 20.7 Å². The second kappa shape index (κ2) is 8.41. The highest BCUT2D eigenvalue weighted by Crippen LogP contribution is 2.27. The van der Waals surface area contributed by atoms with Crippen molar-refractivity contribution in [2.45, 2.75) is 6.42 Å². The fourth-order valence-electron chi connectivity index (χ4n) is 2.63. The summed E-state index contributed by atoms with van der Waals surface area (Å²) < 4.78 is 10.4. The maximum atomic E-state index is 12.4. The predicted octanol–water partition coefficient (Wildman–Crippen LogP) is 3.14. The third kappa shape index (κ3) is 4.59. The van der Waals surface area contributed by atoms with E-state index in [1.807, 2.05) is 0 Å². The van der Waals surface area contributed by atoms with Gasteiger partial charge in [-0.05, 0) is 29.8 Å². The molecular weight excluding hydrogens is 393 g/mol. The molecule has 0 saturated carbocycles. The van der Waals surface area contributed by atoms with Gasteiger partial charge in [-0.15, -0.1) is 0 Å². The zero-order valence-electron chi connectivity index (χ0n) is 14.1. The molecule has 0 N–H and O–H groups in total. The molecule has 0 spiro atoms. The summed E-state index contributed by atoms with van der Waals surface area (Å²) in [4.78, 5) is 37.4. The minimum absolute atomic E-state index is 0.0510. The van der Waals surface area contributed by atoms with Gasteiger partial charge in [-0.1, -0.05) is 41.4 Å². The van der Waals surface area contributed by atoms with Crippen molar-refractivity contribution in [3.05, 3.63) is 63.6 Å². The van der Waals surface area contributed by atoms with Crippen LogP contribution in [0.1, 0.15) is 15.9 Å². The summed E-state index contributed by atoms with van der Waals surface area (Å²) in [5.41, 5.74) is 1.08. The van der Waals surface area contributed by atoms with E-state index in [1.54, 1.807) is 36.4 Å². The van der Waals surface area contributed by atoms with Crippen molar-refractivity contribution in [2.75, 3.05) is 19.8 Å². The number of hydrogen-bond donors (Lipinski definition) is 0. The second-order valence-electron chi connectivity index (χ2n) is 5.76. The van der Waals surface area contributed by atoms with Crippen LogP contribution < -0.4 is 4.74 Å². The predicted molar refractivity (Wildman–Crippen MR) is 99.1 cm³/mol. The first-order valence-corrected chi connectivity index (χ1v) is 8.87. The van der Waals surface area contributed by atoms with E-state index in [2.05, 4.69) is 0 Å². The third-order valence-electron chi connectivity index (χ3n) is 3.92. The van der Waals surface area contributed by atoms with Crippen LogP contribution in [0, 0.1) is 0 Å². The van der Waals surface area contributed by atoms with Gasteiger partial charge in [-0.3, -0.25) is 19.3 Å². The number of amides is 2. The van der Waals surface area contributed by atoms with E-state index in [-0.39, 0.29) is 19.6 Å². The molecule has 0 bridgehead atoms. The molecule has 1 aliphatic heterocycles. The molecule has 1 heterocycles. The molecule has 0 saturated heterocycles. The molecule has 2 aromatic carbocycles. The minimum atomic E-state index is -0.693. The average molecular weight is 408 g/mol. The van der Waals surface area contributed by atoms with Gasteiger partial charge in [0.15, 0.2) is 0 Å². The topological polar surface area (TPSA) is 72.9 Å². The minimum Gasteiger partial charge on any atom is -0.488 e. The first-order chi connectivity index (χ1) is 13.0. The van der Waals surface area contributed by atoms with Gasteiger partial charge in [0, 0.05) is 10.6 Å². The molecule has 6 nitrogen and oxygen atoms in total. The number of fused-ring (bicyclic) bond motifs is 1. The van der Waals surface area contributed by atoms with E-state index in [4.69, 9.17) is 32.7 Å². The molecule has 0 aliphatic carbocycles. The molecule has 27 heavy (non-hydrogen) atoms. The van der Waals surface area contributed by atoms with E-state index < -0.39 is 24.3 Å². The number of imide groups is 1. The van der Waals surface area contributed by atoms with Crippen molar-refractivity contribution < 1.29 is 23.9 Å². The quantitative estimate of drug-likeness (QED) is 0.417. The van der Waals surface area contributed by atoms with Gasteiger partial charge in [-0.2, -0.15) is 0 Å². The summed E-state index contributed by atoms with van der Waals surface area (Å²) >= 11 is 11.8. The van der Waals surface area contributed by atoms with E-state index >= 15 is 0 Å². The van der Waals surface area contributed by atoms with Gasteiger partial charge in [0.05, 0.1) is 11.4 Å². The van der Waals surface area contributed by atoms with Gasteiger partial charge >= 0.3 is 5.97 Å². The van der Waals surface area contributed by atoms with Crippen molar-refractivity contribution in [3.8, 4) is 5.75 Å². The van der Waals surface area contributed by atoms with Crippen LogP contribution in [0.3, 0.4) is 0 Å². The number of carbonyl (C=O) groups is 3. The number of benzene rings is 2. The van der Waals surface area contributed by atoms with Gasteiger partial charge in [0.1, 0.15) is 25.5 Å². The third-order valence-corrected chi connectivity index (χ3v) is 4.45. The van der Waals surface area contributed by atoms with Crippen LogP contribution in [0.2, 0.25) is 10.0 Å². The molecule has 0 aromatic heterocycles. The number of carbonyl (C=O) groups excluding carboxylic acids is 3. The number of esters is 1. The van der Waals surface area contributed by atoms with Crippen molar-refractivity contribution in [3.63, 3.8) is 0 Å². The number of nitrogens with zero attached hydrogens (tertiary/aromatic N) is 1. The second-order valence-corrected chi connectivity index (χ2v) is 6.61. The summed E-state index contributed by atoms with van der Waals surface area (Å²) in [6, 6.07) is 11.6. The number of ether oxygens (including phenoxy) is 2. The Morgan fingerprint density at radius 3 is 2.63 bits per heavy atom. The van der Waals surface area contributed by atoms with Crippen LogP contribution in [0.15, 0.2) is 42.5 Å². The van der Waals surface area contributed by atoms with E-state index in [9.17, 15) is 14.4 Å². The first kappa shape index (κ1) is 19.2. The van der Waals surface area contributed by atoms with Crippen LogP contribution >= 0.6 is 23.2 Å². The largest absolute Gasteiger partial charge is 0.488 e. The SMILES string of the molecule is O=C(CN1C(=O)Cc2ccccc2C1=O)OCCOc1ccc(Cl)cc1Cl. The van der Waals surface area contributed by atoms with Crippen LogP contribution in [0.4, 0.5) is 0 Å². The van der Waals surface area contributed by atoms with Crippen LogP contribution in [0.5, 0.6) is 5.75 Å². The highest BCUT2D eigenvalue weighted by Gasteiger charge is 2.32. The maximum absolute atomic E-state index is 12.4.